The standard InChI is InChI=1S/C23H38O2/c1-14(22(2,3)25)20-9-10-21-19-7-5-15-13-16(24)6-8-17(15)18(19)11-12-23(20,21)4/h5,14,16-21,24-25H,6-13H2,1-4H3/t14?,16-,17-,18?,19?,20+,21?,23+/m0/s1. The molecule has 3 fully saturated rings. The largest absolute Gasteiger partial charge is 0.393 e. The highest BCUT2D eigenvalue weighted by Crippen LogP contribution is 2.65. The Balaban J connectivity index is 1.58. The predicted molar refractivity (Wildman–Crippen MR) is 102 cm³/mol. The molecule has 0 spiro atoms. The van der Waals surface area contributed by atoms with E-state index in [1.807, 2.05) is 13.8 Å². The molecule has 0 saturated heterocycles. The van der Waals surface area contributed by atoms with Gasteiger partial charge in [-0.1, -0.05) is 25.5 Å². The van der Waals surface area contributed by atoms with Gasteiger partial charge in [-0.2, -0.15) is 0 Å². The average molecular weight is 347 g/mol. The molecule has 0 aliphatic heterocycles. The summed E-state index contributed by atoms with van der Waals surface area (Å²) in [6, 6.07) is 0. The van der Waals surface area contributed by atoms with Crippen LogP contribution in [0.2, 0.25) is 0 Å². The van der Waals surface area contributed by atoms with Crippen LogP contribution in [-0.4, -0.2) is 21.9 Å². The van der Waals surface area contributed by atoms with Gasteiger partial charge in [-0.05, 0) is 106 Å². The van der Waals surface area contributed by atoms with Crippen LogP contribution in [0.1, 0.15) is 79.1 Å². The number of allylic oxidation sites excluding steroid dienone is 1. The minimum Gasteiger partial charge on any atom is -0.393 e. The second kappa shape index (κ2) is 6.09. The Morgan fingerprint density at radius 1 is 1.12 bits per heavy atom. The van der Waals surface area contributed by atoms with Gasteiger partial charge in [-0.25, -0.2) is 0 Å². The summed E-state index contributed by atoms with van der Waals surface area (Å²) in [7, 11) is 0. The zero-order chi connectivity index (χ0) is 18.0. The van der Waals surface area contributed by atoms with E-state index in [9.17, 15) is 10.2 Å². The second-order valence-corrected chi connectivity index (χ2v) is 10.7. The summed E-state index contributed by atoms with van der Waals surface area (Å²) in [5.41, 5.74) is 1.43. The van der Waals surface area contributed by atoms with Crippen LogP contribution in [0.15, 0.2) is 11.6 Å². The van der Waals surface area contributed by atoms with Crippen molar-refractivity contribution in [3.8, 4) is 0 Å². The number of hydrogen-bond acceptors (Lipinski definition) is 2. The van der Waals surface area contributed by atoms with Crippen LogP contribution in [0.25, 0.3) is 0 Å². The maximum absolute atomic E-state index is 10.6. The number of hydrogen-bond donors (Lipinski definition) is 2. The van der Waals surface area contributed by atoms with Crippen molar-refractivity contribution in [1.82, 2.24) is 0 Å². The summed E-state index contributed by atoms with van der Waals surface area (Å²) in [5, 5.41) is 20.7. The van der Waals surface area contributed by atoms with E-state index in [1.165, 1.54) is 38.5 Å². The molecule has 0 aromatic rings. The molecule has 0 heterocycles. The number of aliphatic hydroxyl groups excluding tert-OH is 1. The molecule has 0 bridgehead atoms. The van der Waals surface area contributed by atoms with Crippen molar-refractivity contribution in [2.75, 3.05) is 0 Å². The van der Waals surface area contributed by atoms with Gasteiger partial charge in [0.2, 0.25) is 0 Å². The van der Waals surface area contributed by atoms with E-state index in [4.69, 9.17) is 0 Å². The Kier molecular flexibility index (Phi) is 4.40. The van der Waals surface area contributed by atoms with Crippen molar-refractivity contribution < 1.29 is 10.2 Å². The first-order valence-electron chi connectivity index (χ1n) is 10.8. The SMILES string of the molecule is CC([C@H]1CCC2C3CC=C4C[C@@H](O)CC[C@@H]4C3CC[C@@]21C)C(C)(C)O. The van der Waals surface area contributed by atoms with Gasteiger partial charge < -0.3 is 10.2 Å². The third-order valence-electron chi connectivity index (χ3n) is 9.21. The first-order valence-corrected chi connectivity index (χ1v) is 10.8. The molecular formula is C23H38O2. The van der Waals surface area contributed by atoms with Crippen molar-refractivity contribution in [2.45, 2.75) is 90.8 Å². The van der Waals surface area contributed by atoms with Gasteiger partial charge in [0.15, 0.2) is 0 Å². The van der Waals surface area contributed by atoms with Crippen LogP contribution in [0.3, 0.4) is 0 Å². The van der Waals surface area contributed by atoms with E-state index in [0.717, 1.165) is 36.5 Å². The first kappa shape index (κ1) is 18.0. The molecule has 0 radical (unpaired) electrons. The summed E-state index contributed by atoms with van der Waals surface area (Å²) in [6.45, 7) is 8.84. The van der Waals surface area contributed by atoms with Crippen LogP contribution < -0.4 is 0 Å². The van der Waals surface area contributed by atoms with Crippen LogP contribution in [0.4, 0.5) is 0 Å². The zero-order valence-corrected chi connectivity index (χ0v) is 16.7. The number of rotatable bonds is 2. The minimum atomic E-state index is -0.571. The van der Waals surface area contributed by atoms with Gasteiger partial charge in [-0.3, -0.25) is 0 Å². The van der Waals surface area contributed by atoms with Gasteiger partial charge in [0, 0.05) is 0 Å². The lowest BCUT2D eigenvalue weighted by atomic mass is 9.50. The molecule has 4 unspecified atom stereocenters. The molecule has 3 saturated carbocycles. The van der Waals surface area contributed by atoms with E-state index in [0.29, 0.717) is 17.3 Å². The quantitative estimate of drug-likeness (QED) is 0.695. The van der Waals surface area contributed by atoms with Crippen molar-refractivity contribution in [1.29, 1.82) is 0 Å². The summed E-state index contributed by atoms with van der Waals surface area (Å²) in [4.78, 5) is 0. The molecule has 0 amide bonds. The molecule has 0 aromatic carbocycles. The molecule has 142 valence electrons. The van der Waals surface area contributed by atoms with Gasteiger partial charge in [0.1, 0.15) is 0 Å². The average Bonchev–Trinajstić information content (AvgIpc) is 2.89. The molecule has 4 rings (SSSR count). The lowest BCUT2D eigenvalue weighted by Gasteiger charge is -2.55. The third kappa shape index (κ3) is 2.83. The molecule has 4 aliphatic carbocycles. The topological polar surface area (TPSA) is 40.5 Å². The van der Waals surface area contributed by atoms with Gasteiger partial charge in [0.05, 0.1) is 11.7 Å². The van der Waals surface area contributed by atoms with Crippen molar-refractivity contribution in [3.63, 3.8) is 0 Å². The lowest BCUT2D eigenvalue weighted by molar-refractivity contribution is -0.0696. The smallest absolute Gasteiger partial charge is 0.0620 e. The Bertz CT molecular complexity index is 545. The molecule has 2 nitrogen and oxygen atoms in total. The fourth-order valence-electron chi connectivity index (χ4n) is 7.60. The molecule has 2 N–H and O–H groups in total. The lowest BCUT2D eigenvalue weighted by Crippen LogP contribution is -2.49. The molecule has 4 aliphatic rings. The van der Waals surface area contributed by atoms with E-state index in [-0.39, 0.29) is 6.10 Å². The maximum atomic E-state index is 10.6. The van der Waals surface area contributed by atoms with E-state index < -0.39 is 5.60 Å². The number of fused-ring (bicyclic) bond motifs is 5. The van der Waals surface area contributed by atoms with Gasteiger partial charge >= 0.3 is 0 Å². The molecular weight excluding hydrogens is 308 g/mol. The summed E-state index contributed by atoms with van der Waals surface area (Å²) < 4.78 is 0. The molecule has 8 atom stereocenters. The monoisotopic (exact) mass is 346 g/mol. The second-order valence-electron chi connectivity index (χ2n) is 10.7. The third-order valence-corrected chi connectivity index (χ3v) is 9.21. The highest BCUT2D eigenvalue weighted by Gasteiger charge is 2.57. The Labute approximate surface area is 154 Å². The molecule has 2 heteroatoms. The van der Waals surface area contributed by atoms with E-state index >= 15 is 0 Å². The van der Waals surface area contributed by atoms with Crippen LogP contribution in [0.5, 0.6) is 0 Å². The molecule has 25 heavy (non-hydrogen) atoms. The minimum absolute atomic E-state index is 0.0867. The summed E-state index contributed by atoms with van der Waals surface area (Å²) in [6.07, 6.45) is 12.2. The highest BCUT2D eigenvalue weighted by molar-refractivity contribution is 5.20. The van der Waals surface area contributed by atoms with E-state index in [2.05, 4.69) is 19.9 Å². The van der Waals surface area contributed by atoms with Gasteiger partial charge in [-0.15, -0.1) is 0 Å². The van der Waals surface area contributed by atoms with Crippen LogP contribution in [-0.2, 0) is 0 Å². The predicted octanol–water partition coefficient (Wildman–Crippen LogP) is 4.94. The number of aliphatic hydroxyl groups is 2. The van der Waals surface area contributed by atoms with Crippen LogP contribution in [0, 0.1) is 40.9 Å². The Morgan fingerprint density at radius 3 is 2.60 bits per heavy atom. The first-order chi connectivity index (χ1) is 11.7. The maximum Gasteiger partial charge on any atom is 0.0620 e. The summed E-state index contributed by atoms with van der Waals surface area (Å²) in [5.74, 6) is 4.35. The van der Waals surface area contributed by atoms with Crippen molar-refractivity contribution in [2.24, 2.45) is 40.9 Å². The molecule has 0 aromatic heterocycles. The fourth-order valence-corrected chi connectivity index (χ4v) is 7.60. The normalized spacial score (nSPS) is 48.2. The van der Waals surface area contributed by atoms with Crippen molar-refractivity contribution >= 4 is 0 Å². The fraction of sp³-hybridized carbons (Fsp3) is 0.913. The highest BCUT2D eigenvalue weighted by atomic mass is 16.3. The zero-order valence-electron chi connectivity index (χ0n) is 16.7. The Morgan fingerprint density at radius 2 is 1.88 bits per heavy atom. The van der Waals surface area contributed by atoms with Gasteiger partial charge in [0.25, 0.3) is 0 Å². The van der Waals surface area contributed by atoms with Crippen molar-refractivity contribution in [3.05, 3.63) is 11.6 Å². The van der Waals surface area contributed by atoms with Crippen LogP contribution >= 0.6 is 0 Å². The van der Waals surface area contributed by atoms with E-state index in [1.54, 1.807) is 5.57 Å². The summed E-state index contributed by atoms with van der Waals surface area (Å²) >= 11 is 0. The Hall–Kier alpha value is -0.340.